The van der Waals surface area contributed by atoms with Crippen molar-refractivity contribution in [2.75, 3.05) is 32.8 Å². The van der Waals surface area contributed by atoms with Crippen LogP contribution >= 0.6 is 0 Å². The molecule has 3 rings (SSSR count). The Bertz CT molecular complexity index is 474. The average molecular weight is 290 g/mol. The van der Waals surface area contributed by atoms with Crippen LogP contribution in [-0.2, 0) is 14.3 Å². The van der Waals surface area contributed by atoms with Crippen molar-refractivity contribution in [2.24, 2.45) is 0 Å². The SMILES string of the molecule is C[C@@H]1CN(C(=O)[C@@H]2COCCN2)C[C@H](c2ccccc2)O1. The van der Waals surface area contributed by atoms with E-state index in [-0.39, 0.29) is 24.2 Å². The molecule has 2 fully saturated rings. The van der Waals surface area contributed by atoms with Crippen molar-refractivity contribution in [1.29, 1.82) is 0 Å². The maximum absolute atomic E-state index is 12.6. The number of carbonyl (C=O) groups is 1. The third-order valence-electron chi connectivity index (χ3n) is 3.96. The van der Waals surface area contributed by atoms with Gasteiger partial charge in [-0.15, -0.1) is 0 Å². The Morgan fingerprint density at radius 2 is 2.10 bits per heavy atom. The van der Waals surface area contributed by atoms with Crippen molar-refractivity contribution in [3.63, 3.8) is 0 Å². The van der Waals surface area contributed by atoms with E-state index in [9.17, 15) is 4.79 Å². The first-order valence-electron chi connectivity index (χ1n) is 7.54. The second kappa shape index (κ2) is 6.56. The van der Waals surface area contributed by atoms with Crippen LogP contribution in [-0.4, -0.2) is 55.8 Å². The first-order valence-corrected chi connectivity index (χ1v) is 7.54. The summed E-state index contributed by atoms with van der Waals surface area (Å²) in [4.78, 5) is 14.5. The number of amides is 1. The van der Waals surface area contributed by atoms with E-state index < -0.39 is 0 Å². The molecule has 5 nitrogen and oxygen atoms in total. The first-order chi connectivity index (χ1) is 10.2. The molecule has 0 aromatic heterocycles. The Labute approximate surface area is 125 Å². The first kappa shape index (κ1) is 14.5. The van der Waals surface area contributed by atoms with Crippen molar-refractivity contribution < 1.29 is 14.3 Å². The molecule has 21 heavy (non-hydrogen) atoms. The van der Waals surface area contributed by atoms with Crippen LogP contribution in [0.15, 0.2) is 30.3 Å². The zero-order chi connectivity index (χ0) is 14.7. The molecular formula is C16H22N2O3. The molecule has 5 heteroatoms. The fraction of sp³-hybridized carbons (Fsp3) is 0.562. The number of nitrogens with zero attached hydrogens (tertiary/aromatic N) is 1. The Hall–Kier alpha value is -1.43. The fourth-order valence-electron chi connectivity index (χ4n) is 2.93. The van der Waals surface area contributed by atoms with E-state index in [1.807, 2.05) is 42.2 Å². The largest absolute Gasteiger partial charge is 0.378 e. The van der Waals surface area contributed by atoms with Crippen LogP contribution in [0.5, 0.6) is 0 Å². The van der Waals surface area contributed by atoms with Crippen LogP contribution in [0.1, 0.15) is 18.6 Å². The second-order valence-electron chi connectivity index (χ2n) is 5.67. The minimum absolute atomic E-state index is 0.0393. The molecule has 2 aliphatic heterocycles. The molecule has 1 amide bonds. The Morgan fingerprint density at radius 3 is 2.81 bits per heavy atom. The van der Waals surface area contributed by atoms with Crippen molar-refractivity contribution in [3.05, 3.63) is 35.9 Å². The van der Waals surface area contributed by atoms with Gasteiger partial charge in [0.1, 0.15) is 12.1 Å². The molecule has 2 heterocycles. The van der Waals surface area contributed by atoms with Gasteiger partial charge in [-0.05, 0) is 12.5 Å². The molecule has 1 aromatic rings. The molecule has 0 saturated carbocycles. The Morgan fingerprint density at radius 1 is 1.29 bits per heavy atom. The van der Waals surface area contributed by atoms with Gasteiger partial charge in [0.25, 0.3) is 0 Å². The van der Waals surface area contributed by atoms with Crippen LogP contribution < -0.4 is 5.32 Å². The second-order valence-corrected chi connectivity index (χ2v) is 5.67. The van der Waals surface area contributed by atoms with Crippen LogP contribution in [0.25, 0.3) is 0 Å². The molecule has 2 saturated heterocycles. The number of morpholine rings is 2. The zero-order valence-corrected chi connectivity index (χ0v) is 12.3. The standard InChI is InChI=1S/C16H22N2O3/c1-12-9-18(16(19)14-11-20-8-7-17-14)10-15(21-12)13-5-3-2-4-6-13/h2-6,12,14-15,17H,7-11H2,1H3/t12-,14+,15-/m1/s1. The molecule has 0 aliphatic carbocycles. The normalized spacial score (nSPS) is 30.1. The molecule has 0 bridgehead atoms. The summed E-state index contributed by atoms with van der Waals surface area (Å²) in [6.45, 7) is 5.13. The van der Waals surface area contributed by atoms with E-state index in [2.05, 4.69) is 5.32 Å². The van der Waals surface area contributed by atoms with Gasteiger partial charge in [0.05, 0.1) is 25.9 Å². The van der Waals surface area contributed by atoms with Gasteiger partial charge in [-0.3, -0.25) is 4.79 Å². The third kappa shape index (κ3) is 3.43. The van der Waals surface area contributed by atoms with Gasteiger partial charge in [-0.25, -0.2) is 0 Å². The molecule has 114 valence electrons. The predicted molar refractivity (Wildman–Crippen MR) is 78.9 cm³/mol. The van der Waals surface area contributed by atoms with E-state index in [4.69, 9.17) is 9.47 Å². The summed E-state index contributed by atoms with van der Waals surface area (Å²) in [7, 11) is 0. The summed E-state index contributed by atoms with van der Waals surface area (Å²) in [6, 6.07) is 9.87. The van der Waals surface area contributed by atoms with E-state index in [0.29, 0.717) is 26.3 Å². The lowest BCUT2D eigenvalue weighted by molar-refractivity contribution is -0.149. The van der Waals surface area contributed by atoms with Gasteiger partial charge in [0.15, 0.2) is 0 Å². The highest BCUT2D eigenvalue weighted by atomic mass is 16.5. The lowest BCUT2D eigenvalue weighted by Crippen LogP contribution is -2.56. The van der Waals surface area contributed by atoms with E-state index in [0.717, 1.165) is 12.1 Å². The monoisotopic (exact) mass is 290 g/mol. The summed E-state index contributed by atoms with van der Waals surface area (Å²) >= 11 is 0. The molecule has 1 N–H and O–H groups in total. The van der Waals surface area contributed by atoms with Crippen LogP contribution in [0.2, 0.25) is 0 Å². The highest BCUT2D eigenvalue weighted by Gasteiger charge is 2.33. The summed E-state index contributed by atoms with van der Waals surface area (Å²) in [6.07, 6.45) is -0.0131. The van der Waals surface area contributed by atoms with E-state index in [1.165, 1.54) is 0 Å². The third-order valence-corrected chi connectivity index (χ3v) is 3.96. The summed E-state index contributed by atoms with van der Waals surface area (Å²) in [5.74, 6) is 0.116. The average Bonchev–Trinajstić information content (AvgIpc) is 2.55. The summed E-state index contributed by atoms with van der Waals surface area (Å²) < 4.78 is 11.4. The lowest BCUT2D eigenvalue weighted by atomic mass is 10.1. The Balaban J connectivity index is 1.69. The van der Waals surface area contributed by atoms with Gasteiger partial charge in [-0.2, -0.15) is 0 Å². The molecular weight excluding hydrogens is 268 g/mol. The summed E-state index contributed by atoms with van der Waals surface area (Å²) in [5.41, 5.74) is 1.12. The van der Waals surface area contributed by atoms with Gasteiger partial charge < -0.3 is 19.7 Å². The van der Waals surface area contributed by atoms with Crippen molar-refractivity contribution in [2.45, 2.75) is 25.2 Å². The molecule has 3 atom stereocenters. The maximum atomic E-state index is 12.6. The molecule has 0 unspecified atom stereocenters. The number of carbonyl (C=O) groups excluding carboxylic acids is 1. The number of nitrogens with one attached hydrogen (secondary N) is 1. The lowest BCUT2D eigenvalue weighted by Gasteiger charge is -2.39. The van der Waals surface area contributed by atoms with Gasteiger partial charge >= 0.3 is 0 Å². The van der Waals surface area contributed by atoms with Crippen molar-refractivity contribution in [3.8, 4) is 0 Å². The number of benzene rings is 1. The molecule has 0 spiro atoms. The van der Waals surface area contributed by atoms with E-state index >= 15 is 0 Å². The quantitative estimate of drug-likeness (QED) is 0.881. The minimum atomic E-state index is -0.222. The number of rotatable bonds is 2. The minimum Gasteiger partial charge on any atom is -0.378 e. The summed E-state index contributed by atoms with van der Waals surface area (Å²) in [5, 5.41) is 3.23. The number of hydrogen-bond donors (Lipinski definition) is 1. The van der Waals surface area contributed by atoms with Crippen molar-refractivity contribution in [1.82, 2.24) is 10.2 Å². The number of ether oxygens (including phenoxy) is 2. The van der Waals surface area contributed by atoms with E-state index in [1.54, 1.807) is 0 Å². The highest BCUT2D eigenvalue weighted by Crippen LogP contribution is 2.25. The number of hydrogen-bond acceptors (Lipinski definition) is 4. The zero-order valence-electron chi connectivity index (χ0n) is 12.3. The maximum Gasteiger partial charge on any atom is 0.242 e. The Kier molecular flexibility index (Phi) is 4.53. The van der Waals surface area contributed by atoms with Gasteiger partial charge in [0, 0.05) is 13.1 Å². The van der Waals surface area contributed by atoms with Crippen molar-refractivity contribution >= 4 is 5.91 Å². The van der Waals surface area contributed by atoms with Gasteiger partial charge in [-0.1, -0.05) is 30.3 Å². The smallest absolute Gasteiger partial charge is 0.242 e. The fourth-order valence-corrected chi connectivity index (χ4v) is 2.93. The van der Waals surface area contributed by atoms with Crippen LogP contribution in [0.3, 0.4) is 0 Å². The highest BCUT2D eigenvalue weighted by molar-refractivity contribution is 5.82. The molecule has 0 radical (unpaired) electrons. The molecule has 1 aromatic carbocycles. The van der Waals surface area contributed by atoms with Gasteiger partial charge in [0.2, 0.25) is 5.91 Å². The topological polar surface area (TPSA) is 50.8 Å². The van der Waals surface area contributed by atoms with Crippen LogP contribution in [0.4, 0.5) is 0 Å². The predicted octanol–water partition coefficient (Wildman–Crippen LogP) is 0.963. The molecule has 2 aliphatic rings. The van der Waals surface area contributed by atoms with Crippen LogP contribution in [0, 0.1) is 0 Å².